The van der Waals surface area contributed by atoms with Gasteiger partial charge in [-0.1, -0.05) is 59.9 Å². The number of thiophene rings is 1. The smallest absolute Gasteiger partial charge is 0.285 e. The predicted molar refractivity (Wildman–Crippen MR) is 133 cm³/mol. The maximum absolute atomic E-state index is 13.3. The number of hydrogen-bond donors (Lipinski definition) is 1. The van der Waals surface area contributed by atoms with E-state index in [0.29, 0.717) is 25.8 Å². The Bertz CT molecular complexity index is 1230. The van der Waals surface area contributed by atoms with E-state index in [1.54, 1.807) is 17.1 Å². The Morgan fingerprint density at radius 1 is 1.09 bits per heavy atom. The topological polar surface area (TPSA) is 47.9 Å². The van der Waals surface area contributed by atoms with Crippen LogP contribution in [0.2, 0.25) is 14.4 Å². The molecule has 9 heteroatoms. The highest BCUT2D eigenvalue weighted by molar-refractivity contribution is 7.16. The summed E-state index contributed by atoms with van der Waals surface area (Å²) in [5, 5.41) is 9.44. The van der Waals surface area contributed by atoms with Gasteiger partial charge in [0.2, 0.25) is 0 Å². The second-order valence-corrected chi connectivity index (χ2v) is 10.4. The zero-order chi connectivity index (χ0) is 22.4. The molecule has 32 heavy (non-hydrogen) atoms. The monoisotopic (exact) mass is 504 g/mol. The van der Waals surface area contributed by atoms with Crippen LogP contribution >= 0.6 is 46.1 Å². The van der Waals surface area contributed by atoms with Crippen LogP contribution in [0, 0.1) is 5.92 Å². The van der Waals surface area contributed by atoms with Crippen LogP contribution in [-0.4, -0.2) is 18.2 Å². The molecule has 0 aliphatic carbocycles. The van der Waals surface area contributed by atoms with Gasteiger partial charge in [-0.15, -0.1) is 11.3 Å². The summed E-state index contributed by atoms with van der Waals surface area (Å²) in [6, 6.07) is 17.0. The number of nitrogens with one attached hydrogen (secondary N) is 1. The van der Waals surface area contributed by atoms with Crippen molar-refractivity contribution in [2.75, 3.05) is 16.6 Å². The largest absolute Gasteiger partial charge is 0.286 e. The molecule has 2 atom stereocenters. The Morgan fingerprint density at radius 2 is 1.91 bits per heavy atom. The molecule has 0 spiro atoms. The summed E-state index contributed by atoms with van der Waals surface area (Å²) in [5.41, 5.74) is 6.40. The summed E-state index contributed by atoms with van der Waals surface area (Å²) < 4.78 is 0.681. The van der Waals surface area contributed by atoms with Gasteiger partial charge in [0.05, 0.1) is 26.8 Å². The van der Waals surface area contributed by atoms with Crippen LogP contribution in [0.25, 0.3) is 0 Å². The van der Waals surface area contributed by atoms with Crippen molar-refractivity contribution in [3.05, 3.63) is 79.4 Å². The zero-order valence-electron chi connectivity index (χ0n) is 17.1. The van der Waals surface area contributed by atoms with Crippen LogP contribution in [0.5, 0.6) is 0 Å². The molecule has 1 amide bonds. The summed E-state index contributed by atoms with van der Waals surface area (Å²) in [6.45, 7) is 2.72. The fourth-order valence-electron chi connectivity index (χ4n) is 4.24. The van der Waals surface area contributed by atoms with Crippen molar-refractivity contribution in [2.45, 2.75) is 19.4 Å². The number of hydrazone groups is 1. The van der Waals surface area contributed by atoms with Gasteiger partial charge in [0.1, 0.15) is 5.71 Å². The Labute approximate surface area is 205 Å². The number of nitrogens with zero attached hydrogens (tertiary/aromatic N) is 3. The van der Waals surface area contributed by atoms with E-state index < -0.39 is 0 Å². The molecule has 5 nitrogen and oxygen atoms in total. The van der Waals surface area contributed by atoms with Gasteiger partial charge < -0.3 is 0 Å². The summed E-state index contributed by atoms with van der Waals surface area (Å²) in [6.07, 6.45) is 0.890. The van der Waals surface area contributed by atoms with Gasteiger partial charge in [0.25, 0.3) is 5.91 Å². The number of carbonyl (C=O) groups excluding carboxylic acids is 1. The van der Waals surface area contributed by atoms with Crippen LogP contribution in [0.1, 0.15) is 23.4 Å². The average molecular weight is 506 g/mol. The second kappa shape index (κ2) is 8.60. The molecular weight excluding hydrogens is 487 g/mol. The molecule has 0 saturated carbocycles. The minimum absolute atomic E-state index is 0.186. The van der Waals surface area contributed by atoms with E-state index in [4.69, 9.17) is 39.9 Å². The van der Waals surface area contributed by atoms with Crippen LogP contribution in [0.3, 0.4) is 0 Å². The highest BCUT2D eigenvalue weighted by Gasteiger charge is 2.41. The number of rotatable bonds is 4. The number of fused-ring (bicyclic) bond motifs is 1. The molecule has 3 aromatic rings. The molecule has 164 valence electrons. The first-order valence-corrected chi connectivity index (χ1v) is 12.1. The van der Waals surface area contributed by atoms with Crippen molar-refractivity contribution in [3.63, 3.8) is 0 Å². The third-order valence-corrected chi connectivity index (χ3v) is 7.62. The van der Waals surface area contributed by atoms with Gasteiger partial charge in [-0.3, -0.25) is 20.2 Å². The molecule has 0 fully saturated rings. The molecule has 2 aliphatic rings. The first kappa shape index (κ1) is 21.6. The van der Waals surface area contributed by atoms with Crippen LogP contribution < -0.4 is 15.4 Å². The van der Waals surface area contributed by atoms with Gasteiger partial charge in [0.15, 0.2) is 0 Å². The van der Waals surface area contributed by atoms with Crippen molar-refractivity contribution in [3.8, 4) is 0 Å². The SMILES string of the molecule is C[C@@H]1C(C(=O)NN2CCc3ccccc32)=NN(c2ccc(Cl)cc2Cl)[C@@H]1c1ccc(Cl)s1. The van der Waals surface area contributed by atoms with Crippen molar-refractivity contribution >= 4 is 69.1 Å². The van der Waals surface area contributed by atoms with Crippen LogP contribution in [0.15, 0.2) is 59.7 Å². The van der Waals surface area contributed by atoms with Gasteiger partial charge >= 0.3 is 0 Å². The number of anilines is 2. The highest BCUT2D eigenvalue weighted by Crippen LogP contribution is 2.44. The molecule has 2 aromatic carbocycles. The van der Waals surface area contributed by atoms with Crippen molar-refractivity contribution < 1.29 is 4.79 Å². The molecule has 1 aromatic heterocycles. The minimum atomic E-state index is -0.227. The number of para-hydroxylation sites is 1. The van der Waals surface area contributed by atoms with E-state index in [-0.39, 0.29) is 17.9 Å². The summed E-state index contributed by atoms with van der Waals surface area (Å²) in [5.74, 6) is -0.413. The second-order valence-electron chi connectivity index (χ2n) is 7.77. The molecule has 2 aliphatic heterocycles. The van der Waals surface area contributed by atoms with Gasteiger partial charge in [-0.2, -0.15) is 5.10 Å². The first-order chi connectivity index (χ1) is 15.4. The zero-order valence-corrected chi connectivity index (χ0v) is 20.1. The Balaban J connectivity index is 1.48. The fraction of sp³-hybridized carbons (Fsp3) is 0.217. The van der Waals surface area contributed by atoms with Crippen molar-refractivity contribution in [1.82, 2.24) is 5.43 Å². The van der Waals surface area contributed by atoms with E-state index in [9.17, 15) is 4.79 Å². The van der Waals surface area contributed by atoms with Crippen LogP contribution in [-0.2, 0) is 11.2 Å². The first-order valence-electron chi connectivity index (χ1n) is 10.2. The minimum Gasteiger partial charge on any atom is -0.285 e. The fourth-order valence-corrected chi connectivity index (χ4v) is 5.99. The lowest BCUT2D eigenvalue weighted by molar-refractivity contribution is -0.115. The number of halogens is 3. The average Bonchev–Trinajstić information content (AvgIpc) is 3.45. The third kappa shape index (κ3) is 3.86. The maximum Gasteiger partial charge on any atom is 0.286 e. The predicted octanol–water partition coefficient (Wildman–Crippen LogP) is 6.36. The van der Waals surface area contributed by atoms with Gasteiger partial charge in [0, 0.05) is 22.4 Å². The lowest BCUT2D eigenvalue weighted by atomic mass is 9.95. The Morgan fingerprint density at radius 3 is 2.66 bits per heavy atom. The summed E-state index contributed by atoms with van der Waals surface area (Å²) in [4.78, 5) is 14.3. The number of amides is 1. The standard InChI is InChI=1S/C23H19Cl3N4OS/c1-13-21(23(31)28-29-11-10-14-4-2-3-5-17(14)29)27-30(18-7-6-15(24)12-16(18)25)22(13)19-8-9-20(26)32-19/h2-9,12-13,22H,10-11H2,1H3,(H,28,31)/t13-,22+/m1/s1. The quantitative estimate of drug-likeness (QED) is 0.449. The molecule has 3 heterocycles. The van der Waals surface area contributed by atoms with Gasteiger partial charge in [-0.25, -0.2) is 0 Å². The molecule has 5 rings (SSSR count). The van der Waals surface area contributed by atoms with Crippen molar-refractivity contribution in [2.24, 2.45) is 11.0 Å². The van der Waals surface area contributed by atoms with Crippen molar-refractivity contribution in [1.29, 1.82) is 0 Å². The molecule has 0 unspecified atom stereocenters. The lowest BCUT2D eigenvalue weighted by Crippen LogP contribution is -2.45. The number of benzene rings is 2. The Hall–Kier alpha value is -2.25. The van der Waals surface area contributed by atoms with E-state index in [1.165, 1.54) is 16.9 Å². The third-order valence-electron chi connectivity index (χ3n) is 5.78. The Kier molecular flexibility index (Phi) is 5.80. The molecule has 0 saturated heterocycles. The lowest BCUT2D eigenvalue weighted by Gasteiger charge is -2.26. The van der Waals surface area contributed by atoms with E-state index >= 15 is 0 Å². The number of hydrazine groups is 1. The van der Waals surface area contributed by atoms with Crippen LogP contribution in [0.4, 0.5) is 11.4 Å². The summed E-state index contributed by atoms with van der Waals surface area (Å²) >= 11 is 20.3. The number of hydrogen-bond acceptors (Lipinski definition) is 5. The van der Waals surface area contributed by atoms with E-state index in [1.807, 2.05) is 48.3 Å². The normalized spacial score (nSPS) is 19.8. The molecule has 0 bridgehead atoms. The maximum atomic E-state index is 13.3. The highest BCUT2D eigenvalue weighted by atomic mass is 35.5. The molecule has 0 radical (unpaired) electrons. The molecular formula is C23H19Cl3N4OS. The van der Waals surface area contributed by atoms with E-state index in [0.717, 1.165) is 23.5 Å². The van der Waals surface area contributed by atoms with E-state index in [2.05, 4.69) is 11.5 Å². The molecule has 1 N–H and O–H groups in total. The number of carbonyl (C=O) groups is 1. The van der Waals surface area contributed by atoms with Gasteiger partial charge in [-0.05, 0) is 48.4 Å². The summed E-state index contributed by atoms with van der Waals surface area (Å²) in [7, 11) is 0.